The van der Waals surface area contributed by atoms with Crippen LogP contribution in [-0.4, -0.2) is 19.0 Å². The van der Waals surface area contributed by atoms with Crippen LogP contribution in [0.25, 0.3) is 0 Å². The molecule has 2 aromatic rings. The molecular weight excluding hydrogens is 346 g/mol. The molecule has 0 radical (unpaired) electrons. The summed E-state index contributed by atoms with van der Waals surface area (Å²) in [4.78, 5) is 26.3. The van der Waals surface area contributed by atoms with Crippen LogP contribution in [0.3, 0.4) is 0 Å². The van der Waals surface area contributed by atoms with Crippen molar-refractivity contribution >= 4 is 28.2 Å². The highest BCUT2D eigenvalue weighted by atomic mass is 32.1. The van der Waals surface area contributed by atoms with Crippen molar-refractivity contribution < 1.29 is 14.3 Å². The Balaban J connectivity index is 1.55. The van der Waals surface area contributed by atoms with Crippen molar-refractivity contribution in [3.8, 4) is 0 Å². The smallest absolute Gasteiger partial charge is 0.341 e. The molecule has 0 unspecified atom stereocenters. The number of ether oxygens (including phenoxy) is 1. The minimum absolute atomic E-state index is 0.00986. The van der Waals surface area contributed by atoms with E-state index in [9.17, 15) is 9.59 Å². The van der Waals surface area contributed by atoms with Crippen LogP contribution in [0.1, 0.15) is 52.0 Å². The van der Waals surface area contributed by atoms with Gasteiger partial charge >= 0.3 is 5.97 Å². The molecule has 0 aliphatic heterocycles. The summed E-state index contributed by atoms with van der Waals surface area (Å²) < 4.78 is 4.99. The lowest BCUT2D eigenvalue weighted by atomic mass is 9.88. The molecule has 1 N–H and O–H groups in total. The molecule has 1 saturated carbocycles. The zero-order valence-corrected chi connectivity index (χ0v) is 15.9. The number of nitrogens with one attached hydrogen (secondary N) is 1. The van der Waals surface area contributed by atoms with Crippen LogP contribution in [0, 0.1) is 11.8 Å². The van der Waals surface area contributed by atoms with E-state index in [1.807, 2.05) is 18.2 Å². The number of fused-ring (bicyclic) bond motifs is 1. The average molecular weight is 369 g/mol. The van der Waals surface area contributed by atoms with Crippen LogP contribution >= 0.6 is 11.3 Å². The Bertz CT molecular complexity index is 842. The largest absolute Gasteiger partial charge is 0.465 e. The minimum Gasteiger partial charge on any atom is -0.465 e. The van der Waals surface area contributed by atoms with Crippen molar-refractivity contribution in [1.29, 1.82) is 0 Å². The van der Waals surface area contributed by atoms with Gasteiger partial charge in [0.15, 0.2) is 0 Å². The SMILES string of the molecule is COC(=O)c1c(NC(=O)[C@H]2C[C@@H]2c2ccccc2)sc2c1CC[C@H](C)C2. The van der Waals surface area contributed by atoms with Crippen LogP contribution in [0.2, 0.25) is 0 Å². The lowest BCUT2D eigenvalue weighted by molar-refractivity contribution is -0.117. The Hall–Kier alpha value is -2.14. The Labute approximate surface area is 157 Å². The molecule has 0 saturated heterocycles. The molecular formula is C21H23NO3S. The summed E-state index contributed by atoms with van der Waals surface area (Å²) in [6, 6.07) is 10.1. The van der Waals surface area contributed by atoms with Crippen molar-refractivity contribution in [1.82, 2.24) is 0 Å². The zero-order chi connectivity index (χ0) is 18.3. The van der Waals surface area contributed by atoms with Crippen LogP contribution in [0.15, 0.2) is 30.3 Å². The van der Waals surface area contributed by atoms with E-state index in [0.29, 0.717) is 16.5 Å². The summed E-state index contributed by atoms with van der Waals surface area (Å²) >= 11 is 1.55. The molecule has 4 rings (SSSR count). The van der Waals surface area contributed by atoms with Crippen LogP contribution in [-0.2, 0) is 22.4 Å². The number of esters is 1. The normalized spacial score (nSPS) is 23.8. The lowest BCUT2D eigenvalue weighted by Gasteiger charge is -2.18. The zero-order valence-electron chi connectivity index (χ0n) is 15.1. The molecule has 5 heteroatoms. The van der Waals surface area contributed by atoms with Gasteiger partial charge < -0.3 is 10.1 Å². The van der Waals surface area contributed by atoms with E-state index in [4.69, 9.17) is 4.74 Å². The first-order valence-corrected chi connectivity index (χ1v) is 9.98. The predicted octanol–water partition coefficient (Wildman–Crippen LogP) is 4.40. The number of amides is 1. The van der Waals surface area contributed by atoms with Gasteiger partial charge in [-0.25, -0.2) is 4.79 Å². The van der Waals surface area contributed by atoms with Crippen LogP contribution in [0.5, 0.6) is 0 Å². The number of carbonyl (C=O) groups is 2. The van der Waals surface area contributed by atoms with Gasteiger partial charge in [0.1, 0.15) is 5.00 Å². The molecule has 1 aromatic heterocycles. The summed E-state index contributed by atoms with van der Waals surface area (Å²) in [6.45, 7) is 2.23. The summed E-state index contributed by atoms with van der Waals surface area (Å²) in [6.07, 6.45) is 3.78. The van der Waals surface area contributed by atoms with Crippen molar-refractivity contribution in [3.05, 3.63) is 51.9 Å². The number of methoxy groups -OCH3 is 1. The van der Waals surface area contributed by atoms with Gasteiger partial charge in [0.25, 0.3) is 0 Å². The quantitative estimate of drug-likeness (QED) is 0.813. The Morgan fingerprint density at radius 3 is 2.73 bits per heavy atom. The molecule has 1 amide bonds. The number of hydrogen-bond acceptors (Lipinski definition) is 4. The second kappa shape index (κ2) is 6.88. The summed E-state index contributed by atoms with van der Waals surface area (Å²) in [5.74, 6) is 0.549. The van der Waals surface area contributed by atoms with Crippen LogP contribution < -0.4 is 5.32 Å². The van der Waals surface area contributed by atoms with E-state index in [1.165, 1.54) is 17.6 Å². The summed E-state index contributed by atoms with van der Waals surface area (Å²) in [5.41, 5.74) is 2.86. The lowest BCUT2D eigenvalue weighted by Crippen LogP contribution is -2.17. The second-order valence-electron chi connectivity index (χ2n) is 7.40. The number of rotatable bonds is 4. The highest BCUT2D eigenvalue weighted by molar-refractivity contribution is 7.17. The number of benzene rings is 1. The Kier molecular flexibility index (Phi) is 4.57. The van der Waals surface area contributed by atoms with Gasteiger partial charge in [-0.15, -0.1) is 11.3 Å². The standard InChI is InChI=1S/C21H23NO3S/c1-12-8-9-14-17(10-12)26-20(18(14)21(24)25-2)22-19(23)16-11-15(16)13-6-4-3-5-7-13/h3-7,12,15-16H,8-11H2,1-2H3,(H,22,23)/t12-,15+,16-/m0/s1. The van der Waals surface area contributed by atoms with Crippen molar-refractivity contribution in [2.24, 2.45) is 11.8 Å². The highest BCUT2D eigenvalue weighted by Gasteiger charge is 2.44. The van der Waals surface area contributed by atoms with Crippen molar-refractivity contribution in [2.45, 2.75) is 38.5 Å². The van der Waals surface area contributed by atoms with Gasteiger partial charge in [0.05, 0.1) is 12.7 Å². The number of hydrogen-bond donors (Lipinski definition) is 1. The van der Waals surface area contributed by atoms with Crippen molar-refractivity contribution in [2.75, 3.05) is 12.4 Å². The third-order valence-electron chi connectivity index (χ3n) is 5.49. The van der Waals surface area contributed by atoms with Crippen LogP contribution in [0.4, 0.5) is 5.00 Å². The first-order chi connectivity index (χ1) is 12.6. The minimum atomic E-state index is -0.345. The molecule has 3 atom stereocenters. The molecule has 26 heavy (non-hydrogen) atoms. The third-order valence-corrected chi connectivity index (χ3v) is 6.66. The number of carbonyl (C=O) groups excluding carboxylic acids is 2. The highest BCUT2D eigenvalue weighted by Crippen LogP contribution is 2.48. The fourth-order valence-corrected chi connectivity index (χ4v) is 5.32. The molecule has 1 fully saturated rings. The Morgan fingerprint density at radius 2 is 2.00 bits per heavy atom. The molecule has 2 aliphatic rings. The third kappa shape index (κ3) is 3.16. The van der Waals surface area contributed by atoms with E-state index in [2.05, 4.69) is 24.4 Å². The van der Waals surface area contributed by atoms with Gasteiger partial charge in [0, 0.05) is 10.8 Å². The molecule has 1 aromatic carbocycles. The summed E-state index contributed by atoms with van der Waals surface area (Å²) in [7, 11) is 1.40. The molecule has 4 nitrogen and oxygen atoms in total. The van der Waals surface area contributed by atoms with E-state index in [-0.39, 0.29) is 23.7 Å². The molecule has 2 aliphatic carbocycles. The summed E-state index contributed by atoms with van der Waals surface area (Å²) in [5, 5.41) is 3.70. The van der Waals surface area contributed by atoms with Gasteiger partial charge in [-0.05, 0) is 48.6 Å². The first kappa shape index (κ1) is 17.3. The topological polar surface area (TPSA) is 55.4 Å². The molecule has 0 spiro atoms. The predicted molar refractivity (Wildman–Crippen MR) is 103 cm³/mol. The van der Waals surface area contributed by atoms with E-state index >= 15 is 0 Å². The monoisotopic (exact) mass is 369 g/mol. The van der Waals surface area contributed by atoms with E-state index < -0.39 is 0 Å². The van der Waals surface area contributed by atoms with Gasteiger partial charge in [0.2, 0.25) is 5.91 Å². The maximum absolute atomic E-state index is 12.7. The maximum Gasteiger partial charge on any atom is 0.341 e. The van der Waals surface area contributed by atoms with Gasteiger partial charge in [-0.3, -0.25) is 4.79 Å². The number of thiophene rings is 1. The molecule has 0 bridgehead atoms. The van der Waals surface area contributed by atoms with E-state index in [0.717, 1.165) is 31.2 Å². The fourth-order valence-electron chi connectivity index (χ4n) is 3.91. The van der Waals surface area contributed by atoms with Gasteiger partial charge in [-0.2, -0.15) is 0 Å². The molecule has 136 valence electrons. The first-order valence-electron chi connectivity index (χ1n) is 9.17. The van der Waals surface area contributed by atoms with Crippen molar-refractivity contribution in [3.63, 3.8) is 0 Å². The Morgan fingerprint density at radius 1 is 1.23 bits per heavy atom. The fraction of sp³-hybridized carbons (Fsp3) is 0.429. The molecule has 1 heterocycles. The average Bonchev–Trinajstić information content (AvgIpc) is 3.38. The van der Waals surface area contributed by atoms with E-state index in [1.54, 1.807) is 11.3 Å². The van der Waals surface area contributed by atoms with Gasteiger partial charge in [-0.1, -0.05) is 37.3 Å². The number of anilines is 1. The second-order valence-corrected chi connectivity index (χ2v) is 8.50. The maximum atomic E-state index is 12.7.